The highest BCUT2D eigenvalue weighted by Crippen LogP contribution is 2.24. The standard InChI is InChI=1S/C19H21N5O2/c1-12(2)24-16(9-10-20-24)18-22-23-19(26-18)21-17(25)15-8-7-13-5-3-4-6-14(13)11-15/h7-12H,3-6H2,1-2H3,(H,21,23,25). The van der Waals surface area contributed by atoms with Crippen molar-refractivity contribution in [1.82, 2.24) is 20.0 Å². The van der Waals surface area contributed by atoms with Gasteiger partial charge in [0.25, 0.3) is 11.8 Å². The predicted octanol–water partition coefficient (Wildman–Crippen LogP) is 3.65. The van der Waals surface area contributed by atoms with Crippen LogP contribution in [0.25, 0.3) is 11.6 Å². The average molecular weight is 351 g/mol. The lowest BCUT2D eigenvalue weighted by molar-refractivity contribution is 0.102. The van der Waals surface area contributed by atoms with Crippen LogP contribution in [0.15, 0.2) is 34.9 Å². The first-order chi connectivity index (χ1) is 12.6. The molecule has 0 spiro atoms. The number of nitrogens with zero attached hydrogens (tertiary/aromatic N) is 4. The van der Waals surface area contributed by atoms with E-state index >= 15 is 0 Å². The van der Waals surface area contributed by atoms with Gasteiger partial charge in [-0.1, -0.05) is 11.2 Å². The molecule has 0 bridgehead atoms. The number of aromatic nitrogens is 4. The van der Waals surface area contributed by atoms with Gasteiger partial charge in [-0.3, -0.25) is 14.8 Å². The van der Waals surface area contributed by atoms with Crippen molar-refractivity contribution in [3.8, 4) is 11.6 Å². The average Bonchev–Trinajstić information content (AvgIpc) is 3.30. The van der Waals surface area contributed by atoms with Crippen molar-refractivity contribution in [3.63, 3.8) is 0 Å². The van der Waals surface area contributed by atoms with Gasteiger partial charge in [-0.05, 0) is 68.9 Å². The van der Waals surface area contributed by atoms with E-state index in [1.54, 1.807) is 10.9 Å². The molecule has 0 atom stereocenters. The molecule has 0 unspecified atom stereocenters. The highest BCUT2D eigenvalue weighted by Gasteiger charge is 2.18. The quantitative estimate of drug-likeness (QED) is 0.775. The molecule has 7 nitrogen and oxygen atoms in total. The van der Waals surface area contributed by atoms with Gasteiger partial charge in [0.15, 0.2) is 0 Å². The summed E-state index contributed by atoms with van der Waals surface area (Å²) in [5, 5.41) is 14.9. The molecule has 0 aliphatic heterocycles. The number of hydrogen-bond donors (Lipinski definition) is 1. The lowest BCUT2D eigenvalue weighted by atomic mass is 9.90. The number of rotatable bonds is 4. The van der Waals surface area contributed by atoms with E-state index in [0.29, 0.717) is 11.5 Å². The molecule has 26 heavy (non-hydrogen) atoms. The van der Waals surface area contributed by atoms with Crippen LogP contribution in [0.1, 0.15) is 54.2 Å². The fraction of sp³-hybridized carbons (Fsp3) is 0.368. The molecule has 7 heteroatoms. The smallest absolute Gasteiger partial charge is 0.322 e. The molecule has 1 aliphatic carbocycles. The molecule has 4 rings (SSSR count). The summed E-state index contributed by atoms with van der Waals surface area (Å²) in [4.78, 5) is 12.5. The molecule has 0 radical (unpaired) electrons. The minimum absolute atomic E-state index is 0.0826. The minimum Gasteiger partial charge on any atom is -0.401 e. The van der Waals surface area contributed by atoms with Crippen LogP contribution in [0, 0.1) is 0 Å². The highest BCUT2D eigenvalue weighted by atomic mass is 16.4. The minimum atomic E-state index is -0.244. The largest absolute Gasteiger partial charge is 0.401 e. The second-order valence-corrected chi connectivity index (χ2v) is 6.81. The lowest BCUT2D eigenvalue weighted by Gasteiger charge is -2.16. The maximum atomic E-state index is 12.5. The zero-order valence-corrected chi connectivity index (χ0v) is 14.9. The molecule has 1 N–H and O–H groups in total. The van der Waals surface area contributed by atoms with Gasteiger partial charge in [-0.2, -0.15) is 5.10 Å². The van der Waals surface area contributed by atoms with E-state index in [0.717, 1.165) is 18.5 Å². The van der Waals surface area contributed by atoms with Crippen LogP contribution in [0.5, 0.6) is 0 Å². The van der Waals surface area contributed by atoms with E-state index in [1.165, 1.54) is 24.0 Å². The Morgan fingerprint density at radius 2 is 1.96 bits per heavy atom. The van der Waals surface area contributed by atoms with E-state index < -0.39 is 0 Å². The summed E-state index contributed by atoms with van der Waals surface area (Å²) in [6, 6.07) is 7.92. The van der Waals surface area contributed by atoms with E-state index in [2.05, 4.69) is 20.6 Å². The Balaban J connectivity index is 1.52. The van der Waals surface area contributed by atoms with Gasteiger partial charge < -0.3 is 4.42 Å². The summed E-state index contributed by atoms with van der Waals surface area (Å²) in [5.41, 5.74) is 3.94. The van der Waals surface area contributed by atoms with Crippen LogP contribution in [0.3, 0.4) is 0 Å². The van der Waals surface area contributed by atoms with Crippen molar-refractivity contribution in [2.24, 2.45) is 0 Å². The second kappa shape index (κ2) is 6.74. The number of anilines is 1. The Kier molecular flexibility index (Phi) is 4.28. The van der Waals surface area contributed by atoms with Gasteiger partial charge in [0.1, 0.15) is 5.69 Å². The lowest BCUT2D eigenvalue weighted by Crippen LogP contribution is -2.13. The number of nitrogens with one attached hydrogen (secondary N) is 1. The SMILES string of the molecule is CC(C)n1nccc1-c1nnc(NC(=O)c2ccc3c(c2)CCCC3)o1. The second-order valence-electron chi connectivity index (χ2n) is 6.81. The molecule has 1 aromatic carbocycles. The Hall–Kier alpha value is -2.96. The number of carbonyl (C=O) groups is 1. The first-order valence-corrected chi connectivity index (χ1v) is 8.92. The predicted molar refractivity (Wildman–Crippen MR) is 96.9 cm³/mol. The summed E-state index contributed by atoms with van der Waals surface area (Å²) in [6.45, 7) is 4.04. The number of hydrogen-bond acceptors (Lipinski definition) is 5. The molecule has 0 saturated carbocycles. The maximum Gasteiger partial charge on any atom is 0.322 e. The highest BCUT2D eigenvalue weighted by molar-refractivity contribution is 6.03. The summed E-state index contributed by atoms with van der Waals surface area (Å²) in [6.07, 6.45) is 6.20. The van der Waals surface area contributed by atoms with Crippen LogP contribution >= 0.6 is 0 Å². The van der Waals surface area contributed by atoms with Gasteiger partial charge in [0, 0.05) is 17.8 Å². The fourth-order valence-corrected chi connectivity index (χ4v) is 3.32. The molecular formula is C19H21N5O2. The third kappa shape index (κ3) is 3.12. The van der Waals surface area contributed by atoms with Crippen LogP contribution < -0.4 is 5.32 Å². The van der Waals surface area contributed by atoms with Crippen LogP contribution in [-0.2, 0) is 12.8 Å². The van der Waals surface area contributed by atoms with Gasteiger partial charge >= 0.3 is 6.01 Å². The zero-order valence-electron chi connectivity index (χ0n) is 14.9. The summed E-state index contributed by atoms with van der Waals surface area (Å²) < 4.78 is 7.40. The number of carbonyl (C=O) groups excluding carboxylic acids is 1. The maximum absolute atomic E-state index is 12.5. The van der Waals surface area contributed by atoms with Crippen molar-refractivity contribution < 1.29 is 9.21 Å². The first kappa shape index (κ1) is 16.5. The van der Waals surface area contributed by atoms with Crippen molar-refractivity contribution in [1.29, 1.82) is 0 Å². The molecule has 2 heterocycles. The van der Waals surface area contributed by atoms with E-state index in [-0.39, 0.29) is 18.0 Å². The Bertz CT molecular complexity index is 941. The van der Waals surface area contributed by atoms with Gasteiger partial charge in [0.2, 0.25) is 0 Å². The molecule has 2 aromatic heterocycles. The summed E-state index contributed by atoms with van der Waals surface area (Å²) >= 11 is 0. The van der Waals surface area contributed by atoms with E-state index in [4.69, 9.17) is 4.42 Å². The monoisotopic (exact) mass is 351 g/mol. The molecule has 134 valence electrons. The summed E-state index contributed by atoms with van der Waals surface area (Å²) in [5.74, 6) is 0.0860. The molecule has 0 fully saturated rings. The normalized spacial score (nSPS) is 13.7. The van der Waals surface area contributed by atoms with Gasteiger partial charge in [-0.25, -0.2) is 0 Å². The van der Waals surface area contributed by atoms with Gasteiger partial charge in [-0.15, -0.1) is 5.10 Å². The molecular weight excluding hydrogens is 330 g/mol. The van der Waals surface area contributed by atoms with E-state index in [9.17, 15) is 4.79 Å². The molecule has 0 saturated heterocycles. The van der Waals surface area contributed by atoms with Crippen molar-refractivity contribution in [2.75, 3.05) is 5.32 Å². The number of aryl methyl sites for hydroxylation is 2. The van der Waals surface area contributed by atoms with Crippen molar-refractivity contribution in [3.05, 3.63) is 47.2 Å². The molecule has 3 aromatic rings. The number of amides is 1. The summed E-state index contributed by atoms with van der Waals surface area (Å²) in [7, 11) is 0. The number of fused-ring (bicyclic) bond motifs is 1. The third-order valence-electron chi connectivity index (χ3n) is 4.63. The first-order valence-electron chi connectivity index (χ1n) is 8.92. The van der Waals surface area contributed by atoms with Crippen molar-refractivity contribution >= 4 is 11.9 Å². The zero-order chi connectivity index (χ0) is 18.1. The molecule has 1 aliphatic rings. The third-order valence-corrected chi connectivity index (χ3v) is 4.63. The van der Waals surface area contributed by atoms with Gasteiger partial charge in [0.05, 0.1) is 0 Å². The molecule has 1 amide bonds. The fourth-order valence-electron chi connectivity index (χ4n) is 3.32. The van der Waals surface area contributed by atoms with Crippen LogP contribution in [0.2, 0.25) is 0 Å². The Labute approximate surface area is 151 Å². The Morgan fingerprint density at radius 1 is 1.15 bits per heavy atom. The van der Waals surface area contributed by atoms with E-state index in [1.807, 2.05) is 38.1 Å². The van der Waals surface area contributed by atoms with Crippen LogP contribution in [-0.4, -0.2) is 25.9 Å². The van der Waals surface area contributed by atoms with Crippen LogP contribution in [0.4, 0.5) is 6.01 Å². The Morgan fingerprint density at radius 3 is 2.77 bits per heavy atom. The van der Waals surface area contributed by atoms with Crippen molar-refractivity contribution in [2.45, 2.75) is 45.6 Å². The topological polar surface area (TPSA) is 85.8 Å². The number of benzene rings is 1.